The Hall–Kier alpha value is -3.48. The molecule has 1 N–H and O–H groups in total. The minimum Gasteiger partial charge on any atom is -0.489 e. The van der Waals surface area contributed by atoms with Crippen molar-refractivity contribution in [3.05, 3.63) is 64.4 Å². The number of pyridine rings is 1. The van der Waals surface area contributed by atoms with Crippen molar-refractivity contribution in [3.63, 3.8) is 0 Å². The van der Waals surface area contributed by atoms with Crippen LogP contribution in [0.2, 0.25) is 0 Å². The fourth-order valence-electron chi connectivity index (χ4n) is 4.38. The molecule has 3 aromatic rings. The van der Waals surface area contributed by atoms with Crippen molar-refractivity contribution in [1.29, 1.82) is 0 Å². The summed E-state index contributed by atoms with van der Waals surface area (Å²) in [5.41, 5.74) is 0.508. The van der Waals surface area contributed by atoms with Gasteiger partial charge in [0.15, 0.2) is 11.6 Å². The third-order valence-corrected chi connectivity index (χ3v) is 6.42. The summed E-state index contributed by atoms with van der Waals surface area (Å²) in [4.78, 5) is 27.7. The van der Waals surface area contributed by atoms with Gasteiger partial charge in [-0.2, -0.15) is 0 Å². The Morgan fingerprint density at radius 2 is 1.81 bits per heavy atom. The van der Waals surface area contributed by atoms with E-state index in [1.54, 1.807) is 16.7 Å². The molecule has 1 aromatic heterocycles. The lowest BCUT2D eigenvalue weighted by Crippen LogP contribution is -2.41. The molecule has 7 heteroatoms. The molecule has 0 bridgehead atoms. The lowest BCUT2D eigenvalue weighted by Gasteiger charge is -2.31. The Morgan fingerprint density at radius 1 is 1.08 bits per heavy atom. The molecular weight excluding hydrogens is 468 g/mol. The van der Waals surface area contributed by atoms with E-state index in [9.17, 15) is 14.7 Å². The average molecular weight is 507 g/mol. The van der Waals surface area contributed by atoms with Crippen LogP contribution in [0.3, 0.4) is 0 Å². The molecular formula is C30H38N2O5. The summed E-state index contributed by atoms with van der Waals surface area (Å²) in [5, 5.41) is 11.4. The maximum Gasteiger partial charge on any atom is 0.413 e. The van der Waals surface area contributed by atoms with Gasteiger partial charge in [-0.25, -0.2) is 4.79 Å². The first-order chi connectivity index (χ1) is 17.7. The highest BCUT2D eigenvalue weighted by atomic mass is 16.5. The van der Waals surface area contributed by atoms with E-state index < -0.39 is 6.09 Å². The zero-order valence-corrected chi connectivity index (χ0v) is 22.3. The summed E-state index contributed by atoms with van der Waals surface area (Å²) >= 11 is 0. The summed E-state index contributed by atoms with van der Waals surface area (Å²) in [6, 6.07) is 15.2. The fraction of sp³-hybridized carbons (Fsp3) is 0.467. The smallest absolute Gasteiger partial charge is 0.413 e. The van der Waals surface area contributed by atoms with E-state index in [2.05, 4.69) is 6.92 Å². The topological polar surface area (TPSA) is 81.0 Å². The first kappa shape index (κ1) is 26.6. The minimum absolute atomic E-state index is 0.200. The van der Waals surface area contributed by atoms with Crippen molar-refractivity contribution >= 4 is 22.7 Å². The van der Waals surface area contributed by atoms with Gasteiger partial charge in [0.25, 0.3) is 5.56 Å². The van der Waals surface area contributed by atoms with Gasteiger partial charge in [0, 0.05) is 18.5 Å². The molecule has 7 nitrogen and oxygen atoms in total. The number of rotatable bonds is 11. The standard InChI is InChI=1S/C30H38N2O5/c1-5-6-16-36-26-25-17-23(37-19-22-10-8-7-9-11-22)14-15-24(25)28(33)31(18-21-12-13-21)27(26)32(29(34)35)20-30(2,3)4/h7-11,14-15,17,21H,5-6,12-13,16,18-20H2,1-4H3,(H,34,35). The Kier molecular flexibility index (Phi) is 8.10. The second kappa shape index (κ2) is 11.3. The molecule has 0 spiro atoms. The molecule has 198 valence electrons. The van der Waals surface area contributed by atoms with Crippen LogP contribution < -0.4 is 19.9 Å². The Balaban J connectivity index is 1.88. The monoisotopic (exact) mass is 506 g/mol. The van der Waals surface area contributed by atoms with Crippen LogP contribution in [0.15, 0.2) is 53.3 Å². The first-order valence-corrected chi connectivity index (χ1v) is 13.2. The van der Waals surface area contributed by atoms with Crippen LogP contribution >= 0.6 is 0 Å². The Labute approximate surface area is 218 Å². The average Bonchev–Trinajstić information content (AvgIpc) is 3.68. The van der Waals surface area contributed by atoms with Gasteiger partial charge in [-0.1, -0.05) is 64.4 Å². The summed E-state index contributed by atoms with van der Waals surface area (Å²) in [5.74, 6) is 1.72. The fourth-order valence-corrected chi connectivity index (χ4v) is 4.38. The number of ether oxygens (including phenoxy) is 2. The number of aromatic nitrogens is 1. The zero-order chi connectivity index (χ0) is 26.6. The molecule has 1 amide bonds. The van der Waals surface area contributed by atoms with Crippen molar-refractivity contribution in [2.24, 2.45) is 11.3 Å². The van der Waals surface area contributed by atoms with Crippen LogP contribution in [0.1, 0.15) is 58.9 Å². The van der Waals surface area contributed by atoms with Gasteiger partial charge < -0.3 is 14.6 Å². The second-order valence-corrected chi connectivity index (χ2v) is 11.1. The van der Waals surface area contributed by atoms with E-state index in [0.29, 0.717) is 53.8 Å². The molecule has 1 heterocycles. The predicted octanol–water partition coefficient (Wildman–Crippen LogP) is 6.70. The predicted molar refractivity (Wildman–Crippen MR) is 147 cm³/mol. The first-order valence-electron chi connectivity index (χ1n) is 13.2. The normalized spacial score (nSPS) is 13.5. The van der Waals surface area contributed by atoms with Crippen molar-refractivity contribution in [1.82, 2.24) is 4.57 Å². The molecule has 0 unspecified atom stereocenters. The van der Waals surface area contributed by atoms with Crippen LogP contribution in [0.25, 0.3) is 10.8 Å². The summed E-state index contributed by atoms with van der Waals surface area (Å²) in [7, 11) is 0. The van der Waals surface area contributed by atoms with E-state index in [0.717, 1.165) is 31.2 Å². The third-order valence-electron chi connectivity index (χ3n) is 6.42. The van der Waals surface area contributed by atoms with Gasteiger partial charge >= 0.3 is 6.09 Å². The number of fused-ring (bicyclic) bond motifs is 1. The number of unbranched alkanes of at least 4 members (excludes halogenated alkanes) is 1. The minimum atomic E-state index is -1.10. The van der Waals surface area contributed by atoms with E-state index in [1.165, 1.54) is 4.90 Å². The quantitative estimate of drug-likeness (QED) is 0.293. The molecule has 0 atom stereocenters. The number of amides is 1. The van der Waals surface area contributed by atoms with Crippen LogP contribution in [0.4, 0.5) is 10.6 Å². The van der Waals surface area contributed by atoms with Crippen molar-refractivity contribution in [3.8, 4) is 11.5 Å². The molecule has 0 saturated heterocycles. The maximum atomic E-state index is 13.8. The number of carbonyl (C=O) groups is 1. The van der Waals surface area contributed by atoms with Crippen LogP contribution in [0, 0.1) is 11.3 Å². The van der Waals surface area contributed by atoms with Gasteiger partial charge in [-0.15, -0.1) is 0 Å². The lowest BCUT2D eigenvalue weighted by molar-refractivity contribution is 0.197. The Bertz CT molecular complexity index is 1290. The van der Waals surface area contributed by atoms with Gasteiger partial charge in [-0.05, 0) is 54.4 Å². The molecule has 1 aliphatic carbocycles. The third kappa shape index (κ3) is 6.64. The van der Waals surface area contributed by atoms with Crippen LogP contribution in [-0.4, -0.2) is 28.9 Å². The number of nitrogens with zero attached hydrogens (tertiary/aromatic N) is 2. The van der Waals surface area contributed by atoms with E-state index in [4.69, 9.17) is 9.47 Å². The van der Waals surface area contributed by atoms with Crippen molar-refractivity contribution in [2.45, 2.75) is 66.5 Å². The second-order valence-electron chi connectivity index (χ2n) is 11.1. The number of carboxylic acid groups (broad SMARTS) is 1. The number of hydrogen-bond acceptors (Lipinski definition) is 4. The summed E-state index contributed by atoms with van der Waals surface area (Å²) in [6.07, 6.45) is 2.72. The van der Waals surface area contributed by atoms with Gasteiger partial charge in [0.05, 0.1) is 12.0 Å². The number of hydrogen-bond donors (Lipinski definition) is 1. The molecule has 2 aromatic carbocycles. The molecule has 1 aliphatic rings. The molecule has 1 fully saturated rings. The highest BCUT2D eigenvalue weighted by molar-refractivity contribution is 5.97. The molecule has 4 rings (SSSR count). The van der Waals surface area contributed by atoms with Crippen LogP contribution in [-0.2, 0) is 13.2 Å². The summed E-state index contributed by atoms with van der Waals surface area (Å²) < 4.78 is 14.0. The van der Waals surface area contributed by atoms with Crippen LogP contribution in [0.5, 0.6) is 11.5 Å². The largest absolute Gasteiger partial charge is 0.489 e. The van der Waals surface area contributed by atoms with E-state index >= 15 is 0 Å². The van der Waals surface area contributed by atoms with E-state index in [1.807, 2.05) is 57.2 Å². The van der Waals surface area contributed by atoms with Gasteiger partial charge in [0.2, 0.25) is 0 Å². The number of benzene rings is 2. The maximum absolute atomic E-state index is 13.8. The molecule has 1 saturated carbocycles. The summed E-state index contributed by atoms with van der Waals surface area (Å²) in [6.45, 7) is 9.56. The van der Waals surface area contributed by atoms with Crippen molar-refractivity contribution < 1.29 is 19.4 Å². The molecule has 0 aliphatic heterocycles. The van der Waals surface area contributed by atoms with E-state index in [-0.39, 0.29) is 17.5 Å². The molecule has 0 radical (unpaired) electrons. The Morgan fingerprint density at radius 3 is 2.43 bits per heavy atom. The van der Waals surface area contributed by atoms with Gasteiger partial charge in [-0.3, -0.25) is 14.3 Å². The number of anilines is 1. The lowest BCUT2D eigenvalue weighted by atomic mass is 9.96. The SMILES string of the molecule is CCCCOc1c(N(CC(C)(C)C)C(=O)O)n(CC2CC2)c(=O)c2ccc(OCc3ccccc3)cc12. The van der Waals surface area contributed by atoms with Crippen molar-refractivity contribution in [2.75, 3.05) is 18.1 Å². The highest BCUT2D eigenvalue weighted by Gasteiger charge is 2.32. The highest BCUT2D eigenvalue weighted by Crippen LogP contribution is 2.40. The zero-order valence-electron chi connectivity index (χ0n) is 22.3. The molecule has 37 heavy (non-hydrogen) atoms. The van der Waals surface area contributed by atoms with Gasteiger partial charge in [0.1, 0.15) is 12.4 Å².